The molecule has 4 aromatic rings. The second kappa shape index (κ2) is 8.33. The molecule has 1 aliphatic rings. The van der Waals surface area contributed by atoms with E-state index in [4.69, 9.17) is 21.1 Å². The fraction of sp³-hybridized carbons (Fsp3) is 0.0833. The van der Waals surface area contributed by atoms with Crippen LogP contribution in [0.15, 0.2) is 48.7 Å². The summed E-state index contributed by atoms with van der Waals surface area (Å²) < 4.78 is 9.49. The van der Waals surface area contributed by atoms with Crippen LogP contribution in [0.5, 0.6) is 0 Å². The van der Waals surface area contributed by atoms with Gasteiger partial charge in [0, 0.05) is 16.8 Å². The van der Waals surface area contributed by atoms with Gasteiger partial charge in [0.2, 0.25) is 0 Å². The second-order valence-corrected chi connectivity index (χ2v) is 7.98. The van der Waals surface area contributed by atoms with Crippen molar-refractivity contribution in [2.75, 3.05) is 19.1 Å². The van der Waals surface area contributed by atoms with Gasteiger partial charge in [-0.1, -0.05) is 23.7 Å². The molecular weight excluding hydrogens is 476 g/mol. The Morgan fingerprint density at radius 3 is 2.17 bits per heavy atom. The molecule has 2 aromatic heterocycles. The zero-order valence-corrected chi connectivity index (χ0v) is 19.0. The number of imide groups is 1. The van der Waals surface area contributed by atoms with Gasteiger partial charge in [0.1, 0.15) is 0 Å². The summed E-state index contributed by atoms with van der Waals surface area (Å²) in [5.41, 5.74) is 1.52. The van der Waals surface area contributed by atoms with Gasteiger partial charge in [-0.05, 0) is 30.3 Å². The van der Waals surface area contributed by atoms with Crippen LogP contribution in [0, 0.1) is 0 Å². The minimum atomic E-state index is -0.752. The van der Waals surface area contributed by atoms with Crippen molar-refractivity contribution in [2.45, 2.75) is 0 Å². The van der Waals surface area contributed by atoms with Gasteiger partial charge in [-0.15, -0.1) is 0 Å². The van der Waals surface area contributed by atoms with Crippen LogP contribution in [0.1, 0.15) is 41.4 Å². The topological polar surface area (TPSA) is 132 Å². The number of nitrogens with zero attached hydrogens (tertiary/aromatic N) is 3. The number of ether oxygens (including phenoxy) is 2. The van der Waals surface area contributed by atoms with E-state index in [0.29, 0.717) is 21.7 Å². The fourth-order valence-corrected chi connectivity index (χ4v) is 4.09. The van der Waals surface area contributed by atoms with Crippen LogP contribution in [0.2, 0.25) is 5.02 Å². The highest BCUT2D eigenvalue weighted by Gasteiger charge is 2.40. The lowest BCUT2D eigenvalue weighted by Gasteiger charge is -2.16. The highest BCUT2D eigenvalue weighted by molar-refractivity contribution is 6.38. The van der Waals surface area contributed by atoms with E-state index in [-0.39, 0.29) is 33.6 Å². The third-order valence-corrected chi connectivity index (χ3v) is 5.84. The van der Waals surface area contributed by atoms with Gasteiger partial charge in [0.25, 0.3) is 11.8 Å². The molecule has 0 spiro atoms. The molecule has 1 N–H and O–H groups in total. The number of rotatable bonds is 4. The smallest absolute Gasteiger partial charge is 0.337 e. The van der Waals surface area contributed by atoms with Gasteiger partial charge in [-0.3, -0.25) is 14.7 Å². The van der Waals surface area contributed by atoms with Crippen LogP contribution in [-0.2, 0) is 9.47 Å². The first-order chi connectivity index (χ1) is 16.8. The molecule has 3 heterocycles. The number of aromatic amines is 1. The maximum atomic E-state index is 13.6. The molecule has 0 fully saturated rings. The molecular formula is C24H15ClN4O6. The standard InChI is InChI=1S/C24H15ClN4O6/c1-34-23(32)12-7-13(24(33)35-2)9-15(8-12)29-21(30)16-10-26-20-18(17(16)22(29)31)19(27-28-20)11-3-5-14(25)6-4-11/h3-10H,1-2H3,(H,26,27,28). The number of hydrogen-bond donors (Lipinski definition) is 1. The number of aromatic nitrogens is 3. The molecule has 35 heavy (non-hydrogen) atoms. The molecule has 0 saturated heterocycles. The van der Waals surface area contributed by atoms with E-state index in [1.54, 1.807) is 24.3 Å². The van der Waals surface area contributed by atoms with E-state index in [1.165, 1.54) is 38.6 Å². The molecule has 0 radical (unpaired) electrons. The Morgan fingerprint density at radius 1 is 0.943 bits per heavy atom. The van der Waals surface area contributed by atoms with Crippen molar-refractivity contribution in [3.8, 4) is 11.3 Å². The lowest BCUT2D eigenvalue weighted by molar-refractivity contribution is 0.0598. The molecule has 2 aromatic carbocycles. The van der Waals surface area contributed by atoms with E-state index >= 15 is 0 Å². The number of fused-ring (bicyclic) bond motifs is 3. The number of hydrogen-bond acceptors (Lipinski definition) is 8. The lowest BCUT2D eigenvalue weighted by atomic mass is 10.0. The largest absolute Gasteiger partial charge is 0.465 e. The lowest BCUT2D eigenvalue weighted by Crippen LogP contribution is -2.30. The Labute approximate surface area is 202 Å². The zero-order valence-electron chi connectivity index (χ0n) is 18.3. The van der Waals surface area contributed by atoms with Crippen molar-refractivity contribution in [2.24, 2.45) is 0 Å². The van der Waals surface area contributed by atoms with E-state index < -0.39 is 23.8 Å². The van der Waals surface area contributed by atoms with E-state index in [1.807, 2.05) is 0 Å². The van der Waals surface area contributed by atoms with Crippen molar-refractivity contribution in [3.05, 3.63) is 75.9 Å². The van der Waals surface area contributed by atoms with Crippen LogP contribution in [0.4, 0.5) is 5.69 Å². The number of nitrogens with one attached hydrogen (secondary N) is 1. The van der Waals surface area contributed by atoms with Gasteiger partial charge in [0.05, 0.1) is 53.2 Å². The molecule has 174 valence electrons. The molecule has 5 rings (SSSR count). The normalized spacial score (nSPS) is 12.7. The second-order valence-electron chi connectivity index (χ2n) is 7.55. The molecule has 10 nitrogen and oxygen atoms in total. The summed E-state index contributed by atoms with van der Waals surface area (Å²) in [4.78, 5) is 56.5. The van der Waals surface area contributed by atoms with Gasteiger partial charge in [-0.25, -0.2) is 19.5 Å². The van der Waals surface area contributed by atoms with Gasteiger partial charge in [0.15, 0.2) is 5.65 Å². The molecule has 0 bridgehead atoms. The maximum Gasteiger partial charge on any atom is 0.337 e. The summed E-state index contributed by atoms with van der Waals surface area (Å²) in [7, 11) is 2.35. The SMILES string of the molecule is COC(=O)c1cc(C(=O)OC)cc(N2C(=O)c3cnc4n[nH]c(-c5ccc(Cl)cc5)c4c3C2=O)c1. The number of carbonyl (C=O) groups excluding carboxylic acids is 4. The highest BCUT2D eigenvalue weighted by Crippen LogP contribution is 2.37. The molecule has 0 saturated carbocycles. The van der Waals surface area contributed by atoms with Crippen LogP contribution < -0.4 is 4.90 Å². The van der Waals surface area contributed by atoms with Crippen LogP contribution in [0.25, 0.3) is 22.3 Å². The molecule has 2 amide bonds. The number of esters is 2. The Morgan fingerprint density at radius 2 is 1.57 bits per heavy atom. The average Bonchev–Trinajstić information content (AvgIpc) is 3.41. The first-order valence-corrected chi connectivity index (χ1v) is 10.6. The first-order valence-electron chi connectivity index (χ1n) is 10.2. The summed E-state index contributed by atoms with van der Waals surface area (Å²) in [5.74, 6) is -2.83. The number of H-pyrrole nitrogens is 1. The van der Waals surface area contributed by atoms with E-state index in [9.17, 15) is 19.2 Å². The number of pyridine rings is 1. The maximum absolute atomic E-state index is 13.6. The number of halogens is 1. The van der Waals surface area contributed by atoms with Gasteiger partial charge in [-0.2, -0.15) is 5.10 Å². The number of benzene rings is 2. The fourth-order valence-electron chi connectivity index (χ4n) is 3.97. The highest BCUT2D eigenvalue weighted by atomic mass is 35.5. The summed E-state index contributed by atoms with van der Waals surface area (Å²) in [6.07, 6.45) is 1.27. The van der Waals surface area contributed by atoms with Gasteiger partial charge >= 0.3 is 11.9 Å². The third kappa shape index (κ3) is 3.51. The minimum Gasteiger partial charge on any atom is -0.465 e. The average molecular weight is 491 g/mol. The van der Waals surface area contributed by atoms with E-state index in [0.717, 1.165) is 4.90 Å². The third-order valence-electron chi connectivity index (χ3n) is 5.58. The Hall–Kier alpha value is -4.57. The summed E-state index contributed by atoms with van der Waals surface area (Å²) in [6, 6.07) is 10.7. The van der Waals surface area contributed by atoms with Crippen LogP contribution in [-0.4, -0.2) is 53.2 Å². The minimum absolute atomic E-state index is 0.00388. The van der Waals surface area contributed by atoms with Crippen molar-refractivity contribution >= 4 is 52.1 Å². The molecule has 11 heteroatoms. The van der Waals surface area contributed by atoms with Crippen molar-refractivity contribution in [3.63, 3.8) is 0 Å². The Bertz CT molecular complexity index is 1530. The van der Waals surface area contributed by atoms with E-state index in [2.05, 4.69) is 15.2 Å². The molecule has 1 aliphatic heterocycles. The van der Waals surface area contributed by atoms with Crippen LogP contribution >= 0.6 is 11.6 Å². The summed E-state index contributed by atoms with van der Waals surface area (Å²) in [6.45, 7) is 0. The van der Waals surface area contributed by atoms with Gasteiger partial charge < -0.3 is 9.47 Å². The van der Waals surface area contributed by atoms with Crippen molar-refractivity contribution in [1.82, 2.24) is 15.2 Å². The Balaban J connectivity index is 1.69. The quantitative estimate of drug-likeness (QED) is 0.338. The monoisotopic (exact) mass is 490 g/mol. The van der Waals surface area contributed by atoms with Crippen LogP contribution in [0.3, 0.4) is 0 Å². The predicted octanol–water partition coefficient (Wildman–Crippen LogP) is 3.65. The zero-order chi connectivity index (χ0) is 24.9. The molecule has 0 atom stereocenters. The van der Waals surface area contributed by atoms with Crippen molar-refractivity contribution < 1.29 is 28.7 Å². The number of methoxy groups -OCH3 is 2. The first kappa shape index (κ1) is 22.2. The predicted molar refractivity (Wildman–Crippen MR) is 125 cm³/mol. The summed E-state index contributed by atoms with van der Waals surface area (Å²) in [5, 5.41) is 7.94. The number of carbonyl (C=O) groups is 4. The number of amides is 2. The van der Waals surface area contributed by atoms with Crippen molar-refractivity contribution in [1.29, 1.82) is 0 Å². The summed E-state index contributed by atoms with van der Waals surface area (Å²) >= 11 is 6.00. The Kier molecular flexibility index (Phi) is 5.29. The number of anilines is 1. The molecule has 0 unspecified atom stereocenters. The molecule has 0 aliphatic carbocycles.